The molecule has 2 nitrogen and oxygen atoms in total. The average Bonchev–Trinajstić information content (AvgIpc) is 2.33. The number of fused-ring (bicyclic) bond motifs is 1. The molecule has 0 aliphatic carbocycles. The molecule has 0 unspecified atom stereocenters. The molecule has 0 atom stereocenters. The SMILES string of the molecule is CC(C)(C)NCCOc1cccc2c1SCCC2. The lowest BCUT2D eigenvalue weighted by Gasteiger charge is -2.22. The molecule has 0 saturated carbocycles. The van der Waals surface area contributed by atoms with Gasteiger partial charge in [0.1, 0.15) is 12.4 Å². The van der Waals surface area contributed by atoms with Crippen molar-refractivity contribution in [3.8, 4) is 5.75 Å². The summed E-state index contributed by atoms with van der Waals surface area (Å²) in [5.74, 6) is 2.28. The molecule has 2 rings (SSSR count). The highest BCUT2D eigenvalue weighted by Gasteiger charge is 2.14. The van der Waals surface area contributed by atoms with Crippen molar-refractivity contribution in [1.29, 1.82) is 0 Å². The summed E-state index contributed by atoms with van der Waals surface area (Å²) in [6.07, 6.45) is 2.48. The third kappa shape index (κ3) is 3.92. The van der Waals surface area contributed by atoms with E-state index in [0.717, 1.165) is 18.9 Å². The Morgan fingerprint density at radius 3 is 2.94 bits per heavy atom. The number of aryl methyl sites for hydroxylation is 1. The minimum atomic E-state index is 0.161. The van der Waals surface area contributed by atoms with Gasteiger partial charge in [0.15, 0.2) is 0 Å². The molecule has 0 radical (unpaired) electrons. The number of hydrogen-bond donors (Lipinski definition) is 1. The molecule has 0 aromatic heterocycles. The van der Waals surface area contributed by atoms with Crippen molar-refractivity contribution in [2.45, 2.75) is 44.0 Å². The maximum atomic E-state index is 5.92. The van der Waals surface area contributed by atoms with Crippen LogP contribution in [0.25, 0.3) is 0 Å². The van der Waals surface area contributed by atoms with Crippen LogP contribution in [0.15, 0.2) is 23.1 Å². The van der Waals surface area contributed by atoms with Gasteiger partial charge in [-0.05, 0) is 51.0 Å². The van der Waals surface area contributed by atoms with Crippen LogP contribution >= 0.6 is 11.8 Å². The first-order valence-electron chi connectivity index (χ1n) is 6.69. The van der Waals surface area contributed by atoms with Crippen LogP contribution in [0.2, 0.25) is 0 Å². The highest BCUT2D eigenvalue weighted by Crippen LogP contribution is 2.37. The van der Waals surface area contributed by atoms with E-state index in [0.29, 0.717) is 0 Å². The lowest BCUT2D eigenvalue weighted by molar-refractivity contribution is 0.285. The van der Waals surface area contributed by atoms with E-state index in [1.807, 2.05) is 11.8 Å². The summed E-state index contributed by atoms with van der Waals surface area (Å²) in [7, 11) is 0. The zero-order chi connectivity index (χ0) is 13.0. The fourth-order valence-electron chi connectivity index (χ4n) is 2.06. The van der Waals surface area contributed by atoms with Crippen LogP contribution in [0.1, 0.15) is 32.8 Å². The van der Waals surface area contributed by atoms with E-state index in [2.05, 4.69) is 44.3 Å². The van der Waals surface area contributed by atoms with Gasteiger partial charge in [-0.3, -0.25) is 0 Å². The second-order valence-corrected chi connectivity index (χ2v) is 6.83. The maximum Gasteiger partial charge on any atom is 0.133 e. The summed E-state index contributed by atoms with van der Waals surface area (Å²) in [5.41, 5.74) is 1.61. The topological polar surface area (TPSA) is 21.3 Å². The van der Waals surface area contributed by atoms with Crippen LogP contribution in [0.5, 0.6) is 5.75 Å². The minimum Gasteiger partial charge on any atom is -0.491 e. The van der Waals surface area contributed by atoms with Gasteiger partial charge in [-0.1, -0.05) is 12.1 Å². The van der Waals surface area contributed by atoms with E-state index in [1.165, 1.54) is 29.1 Å². The van der Waals surface area contributed by atoms with E-state index in [1.54, 1.807) is 0 Å². The van der Waals surface area contributed by atoms with Gasteiger partial charge in [0.2, 0.25) is 0 Å². The van der Waals surface area contributed by atoms with Gasteiger partial charge in [0.25, 0.3) is 0 Å². The Morgan fingerprint density at radius 1 is 1.33 bits per heavy atom. The number of thioether (sulfide) groups is 1. The Hall–Kier alpha value is -0.670. The Labute approximate surface area is 114 Å². The van der Waals surface area contributed by atoms with Crippen LogP contribution in [0.4, 0.5) is 0 Å². The molecule has 0 bridgehead atoms. The lowest BCUT2D eigenvalue weighted by Crippen LogP contribution is -2.38. The standard InChI is InChI=1S/C15H23NOS/c1-15(2,3)16-9-10-17-13-8-4-6-12-7-5-11-18-14(12)13/h4,6,8,16H,5,7,9-11H2,1-3H3. The first kappa shape index (κ1) is 13.8. The zero-order valence-electron chi connectivity index (χ0n) is 11.6. The van der Waals surface area contributed by atoms with Gasteiger partial charge >= 0.3 is 0 Å². The van der Waals surface area contributed by atoms with Gasteiger partial charge in [0, 0.05) is 12.1 Å². The van der Waals surface area contributed by atoms with Crippen LogP contribution < -0.4 is 10.1 Å². The summed E-state index contributed by atoms with van der Waals surface area (Å²) >= 11 is 1.93. The van der Waals surface area contributed by atoms with Crippen molar-refractivity contribution in [3.63, 3.8) is 0 Å². The van der Waals surface area contributed by atoms with Crippen LogP contribution in [0.3, 0.4) is 0 Å². The highest BCUT2D eigenvalue weighted by atomic mass is 32.2. The van der Waals surface area contributed by atoms with E-state index in [9.17, 15) is 0 Å². The first-order chi connectivity index (χ1) is 8.56. The van der Waals surface area contributed by atoms with E-state index in [4.69, 9.17) is 4.74 Å². The van der Waals surface area contributed by atoms with Gasteiger partial charge in [-0.15, -0.1) is 11.8 Å². The zero-order valence-corrected chi connectivity index (χ0v) is 12.4. The quantitative estimate of drug-likeness (QED) is 0.842. The molecule has 1 aliphatic rings. The van der Waals surface area contributed by atoms with Crippen molar-refractivity contribution >= 4 is 11.8 Å². The molecule has 1 N–H and O–H groups in total. The molecule has 100 valence electrons. The second kappa shape index (κ2) is 5.98. The summed E-state index contributed by atoms with van der Waals surface area (Å²) in [6, 6.07) is 6.42. The largest absolute Gasteiger partial charge is 0.491 e. The van der Waals surface area contributed by atoms with Crippen molar-refractivity contribution < 1.29 is 4.74 Å². The minimum absolute atomic E-state index is 0.161. The van der Waals surface area contributed by atoms with E-state index in [-0.39, 0.29) is 5.54 Å². The monoisotopic (exact) mass is 265 g/mol. The highest BCUT2D eigenvalue weighted by molar-refractivity contribution is 7.99. The normalized spacial score (nSPS) is 15.3. The third-order valence-electron chi connectivity index (χ3n) is 2.91. The van der Waals surface area contributed by atoms with Gasteiger partial charge in [-0.2, -0.15) is 0 Å². The van der Waals surface area contributed by atoms with Crippen molar-refractivity contribution in [2.24, 2.45) is 0 Å². The lowest BCUT2D eigenvalue weighted by atomic mass is 10.1. The Kier molecular flexibility index (Phi) is 4.57. The molecule has 1 heterocycles. The van der Waals surface area contributed by atoms with Crippen molar-refractivity contribution in [1.82, 2.24) is 5.32 Å². The molecule has 0 fully saturated rings. The number of rotatable bonds is 4. The summed E-state index contributed by atoms with van der Waals surface area (Å²) in [5, 5.41) is 3.44. The summed E-state index contributed by atoms with van der Waals surface area (Å²) in [4.78, 5) is 1.36. The Balaban J connectivity index is 1.90. The molecular formula is C15H23NOS. The molecule has 1 aromatic carbocycles. The predicted octanol–water partition coefficient (Wildman–Crippen LogP) is 3.49. The summed E-state index contributed by atoms with van der Waals surface area (Å²) in [6.45, 7) is 8.14. The van der Waals surface area contributed by atoms with Gasteiger partial charge < -0.3 is 10.1 Å². The van der Waals surface area contributed by atoms with Crippen LogP contribution in [-0.4, -0.2) is 24.4 Å². The molecule has 0 amide bonds. The fraction of sp³-hybridized carbons (Fsp3) is 0.600. The predicted molar refractivity (Wildman–Crippen MR) is 78.7 cm³/mol. The van der Waals surface area contributed by atoms with Gasteiger partial charge in [-0.25, -0.2) is 0 Å². The van der Waals surface area contributed by atoms with Crippen molar-refractivity contribution in [3.05, 3.63) is 23.8 Å². The van der Waals surface area contributed by atoms with Crippen molar-refractivity contribution in [2.75, 3.05) is 18.9 Å². The fourth-order valence-corrected chi connectivity index (χ4v) is 3.18. The molecule has 0 spiro atoms. The Bertz CT molecular complexity index is 398. The second-order valence-electron chi connectivity index (χ2n) is 5.72. The molecule has 0 saturated heterocycles. The van der Waals surface area contributed by atoms with Gasteiger partial charge in [0.05, 0.1) is 4.90 Å². The number of hydrogen-bond acceptors (Lipinski definition) is 3. The number of ether oxygens (including phenoxy) is 1. The smallest absolute Gasteiger partial charge is 0.133 e. The molecule has 1 aromatic rings. The van der Waals surface area contributed by atoms with E-state index >= 15 is 0 Å². The third-order valence-corrected chi connectivity index (χ3v) is 4.16. The maximum absolute atomic E-state index is 5.92. The Morgan fingerprint density at radius 2 is 2.17 bits per heavy atom. The molecule has 18 heavy (non-hydrogen) atoms. The average molecular weight is 265 g/mol. The molecular weight excluding hydrogens is 242 g/mol. The van der Waals surface area contributed by atoms with Crippen LogP contribution in [-0.2, 0) is 6.42 Å². The first-order valence-corrected chi connectivity index (χ1v) is 7.67. The molecule has 3 heteroatoms. The molecule has 1 aliphatic heterocycles. The number of nitrogens with one attached hydrogen (secondary N) is 1. The van der Waals surface area contributed by atoms with E-state index < -0.39 is 0 Å². The van der Waals surface area contributed by atoms with Crippen LogP contribution in [0, 0.1) is 0 Å². The summed E-state index contributed by atoms with van der Waals surface area (Å²) < 4.78 is 5.92. The number of benzene rings is 1.